The van der Waals surface area contributed by atoms with E-state index < -0.39 is 15.6 Å². The van der Waals surface area contributed by atoms with Crippen LogP contribution >= 0.6 is 11.3 Å². The number of aliphatic hydroxyl groups is 1. The van der Waals surface area contributed by atoms with Crippen LogP contribution in [0.2, 0.25) is 0 Å². The Balaban J connectivity index is 2.95. The lowest BCUT2D eigenvalue weighted by atomic mass is 10.1. The first-order valence-electron chi connectivity index (χ1n) is 4.40. The molecule has 1 rings (SSSR count). The van der Waals surface area contributed by atoms with Crippen molar-refractivity contribution in [2.45, 2.75) is 23.8 Å². The largest absolute Gasteiger partial charge is 0.389 e. The van der Waals surface area contributed by atoms with E-state index in [0.29, 0.717) is 0 Å². The van der Waals surface area contributed by atoms with Crippen molar-refractivity contribution in [3.63, 3.8) is 0 Å². The van der Waals surface area contributed by atoms with Crippen LogP contribution in [0.1, 0.15) is 13.8 Å². The highest BCUT2D eigenvalue weighted by atomic mass is 32.2. The van der Waals surface area contributed by atoms with Crippen molar-refractivity contribution in [3.8, 4) is 0 Å². The number of hydrogen-bond donors (Lipinski definition) is 2. The van der Waals surface area contributed by atoms with Gasteiger partial charge in [-0.05, 0) is 13.8 Å². The van der Waals surface area contributed by atoms with Gasteiger partial charge in [-0.1, -0.05) is 11.3 Å². The van der Waals surface area contributed by atoms with Gasteiger partial charge < -0.3 is 10.8 Å². The van der Waals surface area contributed by atoms with Crippen LogP contribution in [0.4, 0.5) is 5.13 Å². The average Bonchev–Trinajstić information content (AvgIpc) is 2.48. The van der Waals surface area contributed by atoms with Crippen LogP contribution in [0.15, 0.2) is 4.34 Å². The van der Waals surface area contributed by atoms with E-state index in [4.69, 9.17) is 5.73 Å². The Bertz CT molecular complexity index is 462. The standard InChI is InChI=1S/C7H14N4O3S2/c1-7(2,12)4-11(3)16(13,14)6-10-9-5(8)15-6/h12H,4H2,1-3H3,(H2,8,9). The molecule has 1 aromatic rings. The first kappa shape index (κ1) is 13.3. The maximum absolute atomic E-state index is 11.9. The van der Waals surface area contributed by atoms with Gasteiger partial charge in [0.25, 0.3) is 10.0 Å². The molecule has 0 aliphatic carbocycles. The van der Waals surface area contributed by atoms with E-state index in [1.165, 1.54) is 20.9 Å². The average molecular weight is 266 g/mol. The minimum Gasteiger partial charge on any atom is -0.389 e. The molecule has 16 heavy (non-hydrogen) atoms. The van der Waals surface area contributed by atoms with Crippen LogP contribution in [0.25, 0.3) is 0 Å². The van der Waals surface area contributed by atoms with E-state index in [0.717, 1.165) is 15.6 Å². The maximum atomic E-state index is 11.9. The predicted molar refractivity (Wildman–Crippen MR) is 60.4 cm³/mol. The molecule has 0 bridgehead atoms. The Morgan fingerprint density at radius 2 is 2.06 bits per heavy atom. The number of nitrogens with zero attached hydrogens (tertiary/aromatic N) is 3. The molecule has 0 saturated heterocycles. The minimum absolute atomic E-state index is 0.0329. The Labute approximate surface area is 98.0 Å². The summed E-state index contributed by atoms with van der Waals surface area (Å²) in [7, 11) is -2.35. The number of nitrogen functional groups attached to an aromatic ring is 1. The Morgan fingerprint density at radius 1 is 1.50 bits per heavy atom. The third-order valence-electron chi connectivity index (χ3n) is 1.66. The zero-order valence-corrected chi connectivity index (χ0v) is 10.8. The number of sulfonamides is 1. The number of nitrogens with two attached hydrogens (primary N) is 1. The van der Waals surface area contributed by atoms with Gasteiger partial charge >= 0.3 is 0 Å². The van der Waals surface area contributed by atoms with Gasteiger partial charge in [0.15, 0.2) is 0 Å². The molecule has 1 aromatic heterocycles. The predicted octanol–water partition coefficient (Wildman–Crippen LogP) is -0.488. The van der Waals surface area contributed by atoms with Gasteiger partial charge in [0.05, 0.1) is 5.60 Å². The highest BCUT2D eigenvalue weighted by molar-refractivity contribution is 7.91. The molecule has 0 spiro atoms. The highest BCUT2D eigenvalue weighted by Crippen LogP contribution is 2.21. The Kier molecular flexibility index (Phi) is 3.53. The number of anilines is 1. The number of hydrogen-bond acceptors (Lipinski definition) is 7. The molecule has 7 nitrogen and oxygen atoms in total. The lowest BCUT2D eigenvalue weighted by molar-refractivity contribution is 0.0640. The summed E-state index contributed by atoms with van der Waals surface area (Å²) < 4.78 is 24.6. The van der Waals surface area contributed by atoms with Gasteiger partial charge in [0, 0.05) is 13.6 Å². The summed E-state index contributed by atoms with van der Waals surface area (Å²) in [4.78, 5) is 0. The van der Waals surface area contributed by atoms with Crippen LogP contribution in [0.5, 0.6) is 0 Å². The van der Waals surface area contributed by atoms with Crippen molar-refractivity contribution in [1.82, 2.24) is 14.5 Å². The van der Waals surface area contributed by atoms with Gasteiger partial charge in [-0.2, -0.15) is 4.31 Å². The highest BCUT2D eigenvalue weighted by Gasteiger charge is 2.29. The number of likely N-dealkylation sites (N-methyl/N-ethyl adjacent to an activating group) is 1. The minimum atomic E-state index is -3.71. The molecule has 0 aliphatic heterocycles. The molecule has 0 radical (unpaired) electrons. The monoisotopic (exact) mass is 266 g/mol. The quantitative estimate of drug-likeness (QED) is 0.761. The molecule has 0 aliphatic rings. The summed E-state index contributed by atoms with van der Waals surface area (Å²) in [5.74, 6) is 0. The molecule has 3 N–H and O–H groups in total. The van der Waals surface area contributed by atoms with Crippen molar-refractivity contribution in [1.29, 1.82) is 0 Å². The van der Waals surface area contributed by atoms with Crippen molar-refractivity contribution in [3.05, 3.63) is 0 Å². The number of aromatic nitrogens is 2. The van der Waals surface area contributed by atoms with Crippen LogP contribution in [-0.2, 0) is 10.0 Å². The second-order valence-electron chi connectivity index (χ2n) is 3.98. The topological polar surface area (TPSA) is 109 Å². The van der Waals surface area contributed by atoms with Gasteiger partial charge in [-0.25, -0.2) is 8.42 Å². The van der Waals surface area contributed by atoms with Gasteiger partial charge in [-0.15, -0.1) is 10.2 Å². The van der Waals surface area contributed by atoms with E-state index in [1.54, 1.807) is 0 Å². The lowest BCUT2D eigenvalue weighted by Gasteiger charge is -2.23. The van der Waals surface area contributed by atoms with Crippen molar-refractivity contribution in [2.24, 2.45) is 0 Å². The molecule has 0 unspecified atom stereocenters. The van der Waals surface area contributed by atoms with E-state index in [-0.39, 0.29) is 16.0 Å². The molecular weight excluding hydrogens is 252 g/mol. The summed E-state index contributed by atoms with van der Waals surface area (Å²) in [5, 5.41) is 16.5. The second kappa shape index (κ2) is 4.24. The second-order valence-corrected chi connectivity index (χ2v) is 7.21. The third-order valence-corrected chi connectivity index (χ3v) is 4.56. The van der Waals surface area contributed by atoms with E-state index in [1.807, 2.05) is 0 Å². The van der Waals surface area contributed by atoms with Crippen LogP contribution in [0.3, 0.4) is 0 Å². The van der Waals surface area contributed by atoms with E-state index >= 15 is 0 Å². The van der Waals surface area contributed by atoms with Crippen LogP contribution in [-0.4, -0.2) is 47.2 Å². The van der Waals surface area contributed by atoms with Crippen molar-refractivity contribution in [2.75, 3.05) is 19.3 Å². The fourth-order valence-corrected chi connectivity index (χ4v) is 3.39. The molecule has 0 aromatic carbocycles. The fraction of sp³-hybridized carbons (Fsp3) is 0.714. The Morgan fingerprint density at radius 3 is 2.44 bits per heavy atom. The van der Waals surface area contributed by atoms with Gasteiger partial charge in [0.2, 0.25) is 9.47 Å². The summed E-state index contributed by atoms with van der Waals surface area (Å²) >= 11 is 0.793. The first-order valence-corrected chi connectivity index (χ1v) is 6.66. The zero-order valence-electron chi connectivity index (χ0n) is 9.21. The van der Waals surface area contributed by atoms with Crippen molar-refractivity contribution < 1.29 is 13.5 Å². The smallest absolute Gasteiger partial charge is 0.272 e. The lowest BCUT2D eigenvalue weighted by Crippen LogP contribution is -2.39. The first-order chi connectivity index (χ1) is 7.13. The molecule has 9 heteroatoms. The van der Waals surface area contributed by atoms with Crippen molar-refractivity contribution >= 4 is 26.5 Å². The Hall–Kier alpha value is -0.770. The molecule has 0 atom stereocenters. The van der Waals surface area contributed by atoms with E-state index in [2.05, 4.69) is 10.2 Å². The molecule has 92 valence electrons. The molecule has 0 amide bonds. The summed E-state index contributed by atoms with van der Waals surface area (Å²) in [5.41, 5.74) is 4.20. The SMILES string of the molecule is CN(CC(C)(C)O)S(=O)(=O)c1nnc(N)s1. The molecule has 0 fully saturated rings. The molecule has 1 heterocycles. The summed E-state index contributed by atoms with van der Waals surface area (Å²) in [6, 6.07) is 0. The van der Waals surface area contributed by atoms with Gasteiger partial charge in [0.1, 0.15) is 0 Å². The van der Waals surface area contributed by atoms with E-state index in [9.17, 15) is 13.5 Å². The summed E-state index contributed by atoms with van der Waals surface area (Å²) in [6.07, 6.45) is 0. The van der Waals surface area contributed by atoms with Crippen LogP contribution < -0.4 is 5.73 Å². The maximum Gasteiger partial charge on any atom is 0.272 e. The fourth-order valence-electron chi connectivity index (χ4n) is 1.09. The normalized spacial score (nSPS) is 13.3. The van der Waals surface area contributed by atoms with Gasteiger partial charge in [-0.3, -0.25) is 0 Å². The summed E-state index contributed by atoms with van der Waals surface area (Å²) in [6.45, 7) is 3.01. The molecule has 0 saturated carbocycles. The number of rotatable bonds is 4. The van der Waals surface area contributed by atoms with Crippen LogP contribution in [0, 0.1) is 0 Å². The molecular formula is C7H14N4O3S2. The third kappa shape index (κ3) is 3.11. The zero-order chi connectivity index (χ0) is 12.6.